The van der Waals surface area contributed by atoms with E-state index in [1.165, 1.54) is 19.2 Å². The Balaban J connectivity index is 2.01. The smallest absolute Gasteiger partial charge is 0.407 e. The molecule has 3 aromatic rings. The maximum absolute atomic E-state index is 13.9. The Hall–Kier alpha value is -5.01. The van der Waals surface area contributed by atoms with E-state index < -0.39 is 77.3 Å². The summed E-state index contributed by atoms with van der Waals surface area (Å²) < 4.78 is 41.5. The predicted molar refractivity (Wildman–Crippen MR) is 194 cm³/mol. The third-order valence-corrected chi connectivity index (χ3v) is 7.99. The normalized spacial score (nSPS) is 15.1. The first-order valence-electron chi connectivity index (χ1n) is 18.5. The van der Waals surface area contributed by atoms with Gasteiger partial charge in [0.2, 0.25) is 5.91 Å². The maximum Gasteiger partial charge on any atom is 0.407 e. The van der Waals surface area contributed by atoms with Gasteiger partial charge in [-0.25, -0.2) is 14.6 Å². The van der Waals surface area contributed by atoms with Crippen LogP contribution >= 0.6 is 0 Å². The summed E-state index contributed by atoms with van der Waals surface area (Å²) in [6, 6.07) is 11.6. The summed E-state index contributed by atoms with van der Waals surface area (Å²) in [6.07, 6.45) is -3.17. The number of benzene rings is 2. The van der Waals surface area contributed by atoms with Crippen molar-refractivity contribution in [3.05, 3.63) is 90.0 Å². The molecule has 2 aromatic carbocycles. The minimum Gasteiger partial charge on any atom is -0.453 e. The highest BCUT2D eigenvalue weighted by Crippen LogP contribution is 2.23. The quantitative estimate of drug-likeness (QED) is 0.154. The van der Waals surface area contributed by atoms with E-state index in [4.69, 9.17) is 15.0 Å². The van der Waals surface area contributed by atoms with Gasteiger partial charge in [-0.3, -0.25) is 20.0 Å². The van der Waals surface area contributed by atoms with Crippen LogP contribution in [0.2, 0.25) is 0 Å². The lowest BCUT2D eigenvalue weighted by molar-refractivity contribution is -0.132. The number of ether oxygens (including phenoxy) is 2. The number of aliphatic hydroxyl groups is 1. The fourth-order valence-electron chi connectivity index (χ4n) is 5.20. The van der Waals surface area contributed by atoms with Crippen molar-refractivity contribution in [3.63, 3.8) is 0 Å². The van der Waals surface area contributed by atoms with Gasteiger partial charge in [-0.05, 0) is 40.5 Å². The zero-order chi connectivity index (χ0) is 41.2. The average Bonchev–Trinajstić information content (AvgIpc) is 3.12. The molecule has 51 heavy (non-hydrogen) atoms. The van der Waals surface area contributed by atoms with E-state index in [2.05, 4.69) is 26.4 Å². The zero-order valence-corrected chi connectivity index (χ0v) is 30.4. The summed E-state index contributed by atoms with van der Waals surface area (Å²) in [5.41, 5.74) is 3.23. The number of hydrogen-bond donors (Lipinski definition) is 5. The van der Waals surface area contributed by atoms with Crippen molar-refractivity contribution >= 4 is 24.0 Å². The molecule has 0 aliphatic rings. The summed E-state index contributed by atoms with van der Waals surface area (Å²) in [6.45, 7) is 10.4. The van der Waals surface area contributed by atoms with Gasteiger partial charge < -0.3 is 30.5 Å². The van der Waals surface area contributed by atoms with Crippen molar-refractivity contribution in [2.45, 2.75) is 78.7 Å². The van der Waals surface area contributed by atoms with Crippen LogP contribution in [0.3, 0.4) is 0 Å². The Morgan fingerprint density at radius 3 is 1.92 bits per heavy atom. The van der Waals surface area contributed by atoms with E-state index in [1.54, 1.807) is 65.8 Å². The van der Waals surface area contributed by atoms with Crippen molar-refractivity contribution in [1.82, 2.24) is 31.4 Å². The molecule has 0 bridgehead atoms. The molecule has 5 N–H and O–H groups in total. The molecule has 276 valence electrons. The van der Waals surface area contributed by atoms with Crippen LogP contribution in [0.15, 0.2) is 78.9 Å². The molecule has 0 radical (unpaired) electrons. The van der Waals surface area contributed by atoms with Crippen LogP contribution in [0, 0.1) is 10.8 Å². The molecular formula is C38H52N6O7. The number of nitrogens with one attached hydrogen (secondary N) is 4. The number of aromatic nitrogens is 1. The number of carbonyl (C=O) groups is 4. The molecule has 13 nitrogen and oxygen atoms in total. The third kappa shape index (κ3) is 12.7. The molecule has 13 heteroatoms. The second kappa shape index (κ2) is 18.3. The first kappa shape index (κ1) is 34.4. The first-order valence-corrected chi connectivity index (χ1v) is 16.5. The molecule has 0 aliphatic heterocycles. The van der Waals surface area contributed by atoms with Crippen LogP contribution < -0.4 is 21.4 Å². The van der Waals surface area contributed by atoms with Crippen LogP contribution in [0.25, 0.3) is 11.3 Å². The number of carbonyl (C=O) groups excluding carboxylic acids is 4. The number of methoxy groups -OCH3 is 2. The SMILES string of the molecule is [2H]c1nc(-c2ccc(CN(C[C@H](O)[C@H](Cc3ccccc3)NC(=O)[C@@H](NC(=O)OC)C(C)(C)C)NC(=O)[C@@H](NC(=O)OC)C(C)(C)C)cc2)c([2H])c([2H])c1[2H]. The van der Waals surface area contributed by atoms with E-state index in [1.807, 2.05) is 30.3 Å². The summed E-state index contributed by atoms with van der Waals surface area (Å²) in [4.78, 5) is 56.1. The Kier molecular flexibility index (Phi) is 12.4. The van der Waals surface area contributed by atoms with E-state index in [-0.39, 0.29) is 31.2 Å². The van der Waals surface area contributed by atoms with E-state index >= 15 is 0 Å². The molecule has 4 amide bonds. The van der Waals surface area contributed by atoms with Crippen LogP contribution in [-0.4, -0.2) is 84.1 Å². The van der Waals surface area contributed by atoms with E-state index in [9.17, 15) is 24.3 Å². The van der Waals surface area contributed by atoms with Crippen LogP contribution in [-0.2, 0) is 32.0 Å². The van der Waals surface area contributed by atoms with Gasteiger partial charge in [0.05, 0.1) is 37.5 Å². The Morgan fingerprint density at radius 2 is 1.37 bits per heavy atom. The highest BCUT2D eigenvalue weighted by atomic mass is 16.5. The number of amides is 4. The second-order valence-corrected chi connectivity index (χ2v) is 14.2. The number of alkyl carbamates (subject to hydrolysis) is 2. The highest BCUT2D eigenvalue weighted by molar-refractivity contribution is 5.87. The molecule has 0 fully saturated rings. The molecule has 0 saturated carbocycles. The van der Waals surface area contributed by atoms with Gasteiger partial charge in [-0.15, -0.1) is 0 Å². The number of hydrogen-bond acceptors (Lipinski definition) is 9. The fraction of sp³-hybridized carbons (Fsp3) is 0.447. The monoisotopic (exact) mass is 708 g/mol. The first-order chi connectivity index (χ1) is 25.7. The largest absolute Gasteiger partial charge is 0.453 e. The molecule has 4 atom stereocenters. The van der Waals surface area contributed by atoms with Crippen molar-refractivity contribution < 1.29 is 39.2 Å². The minimum absolute atomic E-state index is 0.0128. The molecule has 0 saturated heterocycles. The van der Waals surface area contributed by atoms with Crippen LogP contribution in [0.1, 0.15) is 58.2 Å². The molecule has 0 unspecified atom stereocenters. The van der Waals surface area contributed by atoms with Crippen molar-refractivity contribution in [1.29, 1.82) is 0 Å². The third-order valence-electron chi connectivity index (χ3n) is 7.99. The minimum atomic E-state index is -1.31. The number of rotatable bonds is 14. The van der Waals surface area contributed by atoms with Gasteiger partial charge in [0, 0.05) is 24.8 Å². The molecule has 0 aliphatic carbocycles. The molecule has 0 spiro atoms. The Labute approximate surface area is 306 Å². The Bertz CT molecular complexity index is 1800. The second-order valence-electron chi connectivity index (χ2n) is 14.2. The number of hydrazine groups is 1. The van der Waals surface area contributed by atoms with Crippen molar-refractivity contribution in [2.75, 3.05) is 20.8 Å². The summed E-state index contributed by atoms with van der Waals surface area (Å²) in [5.74, 6) is -1.17. The fourth-order valence-corrected chi connectivity index (χ4v) is 5.20. The van der Waals surface area contributed by atoms with Gasteiger partial charge in [0.1, 0.15) is 12.1 Å². The maximum atomic E-state index is 13.9. The van der Waals surface area contributed by atoms with Gasteiger partial charge >= 0.3 is 12.2 Å². The van der Waals surface area contributed by atoms with E-state index in [0.717, 1.165) is 5.56 Å². The molecule has 3 rings (SSSR count). The lowest BCUT2D eigenvalue weighted by atomic mass is 9.85. The number of nitrogens with zero attached hydrogens (tertiary/aromatic N) is 2. The standard InChI is InChI=1S/C38H52N6O7/c1-37(2,3)31(41-35(48)50-7)33(46)40-29(22-25-14-10-9-11-15-25)30(45)24-44(43-34(47)32(38(4,5)6)42-36(49)51-8)23-26-17-19-27(20-18-26)28-16-12-13-21-39-28/h9-21,29-32,45H,22-24H2,1-8H3,(H,40,46)(H,41,48)(H,42,49)(H,43,47)/t29-,30-,31+,32+/m0/s1/i12D,13D,16D,21D. The van der Waals surface area contributed by atoms with Crippen LogP contribution in [0.4, 0.5) is 9.59 Å². The van der Waals surface area contributed by atoms with Crippen LogP contribution in [0.5, 0.6) is 0 Å². The topological polar surface area (TPSA) is 171 Å². The van der Waals surface area contributed by atoms with Gasteiger partial charge in [0.25, 0.3) is 5.91 Å². The van der Waals surface area contributed by atoms with Gasteiger partial charge in [-0.1, -0.05) is 102 Å². The molecule has 1 aromatic heterocycles. The summed E-state index contributed by atoms with van der Waals surface area (Å²) in [7, 11) is 2.37. The van der Waals surface area contributed by atoms with E-state index in [0.29, 0.717) is 11.1 Å². The van der Waals surface area contributed by atoms with Crippen molar-refractivity contribution in [2.24, 2.45) is 10.8 Å². The van der Waals surface area contributed by atoms with Crippen molar-refractivity contribution in [3.8, 4) is 11.3 Å². The predicted octanol–water partition coefficient (Wildman–Crippen LogP) is 4.21. The zero-order valence-electron chi connectivity index (χ0n) is 34.4. The summed E-state index contributed by atoms with van der Waals surface area (Å²) in [5, 5.41) is 21.4. The number of pyridine rings is 1. The lowest BCUT2D eigenvalue weighted by Crippen LogP contribution is -2.60. The Morgan fingerprint density at radius 1 is 0.804 bits per heavy atom. The average molecular weight is 709 g/mol. The summed E-state index contributed by atoms with van der Waals surface area (Å²) >= 11 is 0. The number of aliphatic hydroxyl groups excluding tert-OH is 1. The highest BCUT2D eigenvalue weighted by Gasteiger charge is 2.37. The molecular weight excluding hydrogens is 652 g/mol. The molecule has 1 heterocycles. The van der Waals surface area contributed by atoms with Gasteiger partial charge in [0.15, 0.2) is 0 Å². The van der Waals surface area contributed by atoms with Gasteiger partial charge in [-0.2, -0.15) is 0 Å². The lowest BCUT2D eigenvalue weighted by Gasteiger charge is -2.35.